The zero-order chi connectivity index (χ0) is 10.1. The van der Waals surface area contributed by atoms with Gasteiger partial charge in [0.2, 0.25) is 0 Å². The number of esters is 2. The number of ether oxygens (including phenoxy) is 2. The van der Waals surface area contributed by atoms with Crippen LogP contribution >= 0.6 is 0 Å². The minimum atomic E-state index is -0.718. The first-order valence-corrected chi connectivity index (χ1v) is 4.92. The van der Waals surface area contributed by atoms with Crippen molar-refractivity contribution in [1.82, 2.24) is 0 Å². The van der Waals surface area contributed by atoms with Crippen LogP contribution in [0.3, 0.4) is 0 Å². The Morgan fingerprint density at radius 3 is 2.71 bits per heavy atom. The molecule has 3 saturated heterocycles. The maximum atomic E-state index is 11.6. The fraction of sp³-hybridized carbons (Fsp3) is 0.800. The molecule has 0 amide bonds. The molecule has 4 atom stereocenters. The van der Waals surface area contributed by atoms with Crippen molar-refractivity contribution in [2.45, 2.75) is 38.4 Å². The number of carbonyl (C=O) groups is 2. The summed E-state index contributed by atoms with van der Waals surface area (Å²) in [4.78, 5) is 23.1. The third kappa shape index (κ3) is 0.639. The Morgan fingerprint density at radius 2 is 2.07 bits per heavy atom. The van der Waals surface area contributed by atoms with Gasteiger partial charge in [0.15, 0.2) is 0 Å². The summed E-state index contributed by atoms with van der Waals surface area (Å²) in [5.41, 5.74) is -1.19. The van der Waals surface area contributed by atoms with Gasteiger partial charge in [-0.15, -0.1) is 0 Å². The molecule has 14 heavy (non-hydrogen) atoms. The SMILES string of the molecule is C[C@@]12C(=O)OC(=O)[C@@H]1[C@]1(C)CC[C@@H]2O1. The summed E-state index contributed by atoms with van der Waals surface area (Å²) in [6.45, 7) is 3.70. The Morgan fingerprint density at radius 1 is 1.36 bits per heavy atom. The van der Waals surface area contributed by atoms with Gasteiger partial charge in [0, 0.05) is 0 Å². The van der Waals surface area contributed by atoms with Crippen molar-refractivity contribution in [2.24, 2.45) is 11.3 Å². The maximum Gasteiger partial charge on any atom is 0.323 e. The van der Waals surface area contributed by atoms with Crippen molar-refractivity contribution in [3.05, 3.63) is 0 Å². The number of rotatable bonds is 0. The molecule has 3 aliphatic rings. The topological polar surface area (TPSA) is 52.6 Å². The molecule has 0 saturated carbocycles. The second-order valence-corrected chi connectivity index (χ2v) is 4.88. The first-order chi connectivity index (χ1) is 6.48. The molecule has 3 aliphatic heterocycles. The lowest BCUT2D eigenvalue weighted by Crippen LogP contribution is -2.44. The molecule has 4 heteroatoms. The highest BCUT2D eigenvalue weighted by Gasteiger charge is 2.73. The van der Waals surface area contributed by atoms with Crippen LogP contribution in [0.4, 0.5) is 0 Å². The highest BCUT2D eigenvalue weighted by atomic mass is 16.6. The summed E-state index contributed by atoms with van der Waals surface area (Å²) in [7, 11) is 0. The van der Waals surface area contributed by atoms with Gasteiger partial charge in [-0.05, 0) is 26.7 Å². The predicted molar refractivity (Wildman–Crippen MR) is 45.2 cm³/mol. The van der Waals surface area contributed by atoms with Crippen LogP contribution < -0.4 is 0 Å². The average Bonchev–Trinajstić information content (AvgIpc) is 2.62. The Kier molecular flexibility index (Phi) is 1.22. The van der Waals surface area contributed by atoms with Crippen LogP contribution in [-0.2, 0) is 19.1 Å². The molecule has 0 aromatic rings. The van der Waals surface area contributed by atoms with Crippen LogP contribution in [0.5, 0.6) is 0 Å². The lowest BCUT2D eigenvalue weighted by Gasteiger charge is -2.30. The van der Waals surface area contributed by atoms with Gasteiger partial charge in [0.05, 0.1) is 11.7 Å². The molecule has 0 spiro atoms. The van der Waals surface area contributed by atoms with Crippen LogP contribution in [0, 0.1) is 11.3 Å². The number of cyclic esters (lactones) is 2. The van der Waals surface area contributed by atoms with Crippen LogP contribution in [0.1, 0.15) is 26.7 Å². The molecule has 0 aromatic heterocycles. The van der Waals surface area contributed by atoms with Gasteiger partial charge in [-0.1, -0.05) is 0 Å². The van der Waals surface area contributed by atoms with E-state index in [0.717, 1.165) is 12.8 Å². The van der Waals surface area contributed by atoms with Crippen molar-refractivity contribution >= 4 is 11.9 Å². The quantitative estimate of drug-likeness (QED) is 0.421. The second kappa shape index (κ2) is 2.03. The Hall–Kier alpha value is -0.900. The summed E-state index contributed by atoms with van der Waals surface area (Å²) in [6, 6.07) is 0. The number of carbonyl (C=O) groups excluding carboxylic acids is 2. The molecule has 76 valence electrons. The number of hydrogen-bond donors (Lipinski definition) is 0. The first kappa shape index (κ1) is 8.41. The van der Waals surface area contributed by atoms with Crippen molar-refractivity contribution in [3.8, 4) is 0 Å². The van der Waals surface area contributed by atoms with Crippen molar-refractivity contribution in [3.63, 3.8) is 0 Å². The van der Waals surface area contributed by atoms with E-state index in [1.165, 1.54) is 0 Å². The Balaban J connectivity index is 2.16. The molecule has 3 rings (SSSR count). The summed E-state index contributed by atoms with van der Waals surface area (Å²) in [5.74, 6) is -1.19. The largest absolute Gasteiger partial charge is 0.392 e. The first-order valence-electron chi connectivity index (χ1n) is 4.92. The molecule has 0 radical (unpaired) electrons. The molecule has 4 nitrogen and oxygen atoms in total. The van der Waals surface area contributed by atoms with Gasteiger partial charge in [0.1, 0.15) is 11.3 Å². The smallest absolute Gasteiger partial charge is 0.323 e. The van der Waals surface area contributed by atoms with Gasteiger partial charge in [-0.3, -0.25) is 9.59 Å². The highest BCUT2D eigenvalue weighted by Crippen LogP contribution is 2.61. The highest BCUT2D eigenvalue weighted by molar-refractivity contribution is 6.00. The molecule has 2 bridgehead atoms. The summed E-state index contributed by atoms with van der Waals surface area (Å²) in [6.07, 6.45) is 1.57. The number of fused-ring (bicyclic) bond motifs is 5. The monoisotopic (exact) mass is 196 g/mol. The number of hydrogen-bond acceptors (Lipinski definition) is 4. The van der Waals surface area contributed by atoms with E-state index in [0.29, 0.717) is 0 Å². The fourth-order valence-corrected chi connectivity index (χ4v) is 3.32. The zero-order valence-corrected chi connectivity index (χ0v) is 8.20. The molecule has 0 aliphatic carbocycles. The maximum absolute atomic E-state index is 11.6. The van der Waals surface area contributed by atoms with E-state index in [1.54, 1.807) is 6.92 Å². The van der Waals surface area contributed by atoms with E-state index in [9.17, 15) is 9.59 Å². The lowest BCUT2D eigenvalue weighted by molar-refractivity contribution is -0.160. The molecule has 0 aromatic carbocycles. The van der Waals surface area contributed by atoms with E-state index in [4.69, 9.17) is 9.47 Å². The lowest BCUT2D eigenvalue weighted by atomic mass is 9.64. The molecule has 0 N–H and O–H groups in total. The molecular weight excluding hydrogens is 184 g/mol. The standard InChI is InChI=1S/C10H12O4/c1-9-4-3-5(14-9)10(2)6(9)7(11)13-8(10)12/h5-6H,3-4H2,1-2H3/t5-,6+,9-,10-/m0/s1. The van der Waals surface area contributed by atoms with Crippen molar-refractivity contribution < 1.29 is 19.1 Å². The summed E-state index contributed by atoms with van der Waals surface area (Å²) >= 11 is 0. The minimum absolute atomic E-state index is 0.128. The van der Waals surface area contributed by atoms with Crippen LogP contribution in [0.15, 0.2) is 0 Å². The van der Waals surface area contributed by atoms with E-state index < -0.39 is 23.0 Å². The third-order valence-electron chi connectivity index (χ3n) is 4.06. The molecule has 0 unspecified atom stereocenters. The molecule has 3 fully saturated rings. The van der Waals surface area contributed by atoms with Crippen molar-refractivity contribution in [1.29, 1.82) is 0 Å². The van der Waals surface area contributed by atoms with E-state index in [-0.39, 0.29) is 12.0 Å². The van der Waals surface area contributed by atoms with Crippen LogP contribution in [0.2, 0.25) is 0 Å². The van der Waals surface area contributed by atoms with E-state index >= 15 is 0 Å². The fourth-order valence-electron chi connectivity index (χ4n) is 3.32. The second-order valence-electron chi connectivity index (χ2n) is 4.88. The molecular formula is C10H12O4. The van der Waals surface area contributed by atoms with E-state index in [1.807, 2.05) is 6.92 Å². The van der Waals surface area contributed by atoms with Crippen molar-refractivity contribution in [2.75, 3.05) is 0 Å². The zero-order valence-electron chi connectivity index (χ0n) is 8.20. The summed E-state index contributed by atoms with van der Waals surface area (Å²) < 4.78 is 10.5. The van der Waals surface area contributed by atoms with Gasteiger partial charge < -0.3 is 9.47 Å². The normalized spacial score (nSPS) is 55.0. The van der Waals surface area contributed by atoms with Gasteiger partial charge in [0.25, 0.3) is 0 Å². The summed E-state index contributed by atoms with van der Waals surface area (Å²) in [5, 5.41) is 0. The van der Waals surface area contributed by atoms with E-state index in [2.05, 4.69) is 0 Å². The predicted octanol–water partition coefficient (Wildman–Crippen LogP) is 0.644. The Bertz CT molecular complexity index is 350. The van der Waals surface area contributed by atoms with Gasteiger partial charge >= 0.3 is 11.9 Å². The van der Waals surface area contributed by atoms with Gasteiger partial charge in [-0.25, -0.2) is 0 Å². The van der Waals surface area contributed by atoms with Gasteiger partial charge in [-0.2, -0.15) is 0 Å². The third-order valence-corrected chi connectivity index (χ3v) is 4.06. The van der Waals surface area contributed by atoms with Crippen LogP contribution in [-0.4, -0.2) is 23.6 Å². The Labute approximate surface area is 81.6 Å². The average molecular weight is 196 g/mol. The minimum Gasteiger partial charge on any atom is -0.392 e. The molecule has 3 heterocycles. The van der Waals surface area contributed by atoms with Crippen LogP contribution in [0.25, 0.3) is 0 Å².